The molecule has 2 aromatic rings. The smallest absolute Gasteiger partial charge is 0.351 e. The largest absolute Gasteiger partial charge is 0.507 e. The molecule has 0 aromatic heterocycles. The molecule has 0 saturated heterocycles. The molecule has 0 atom stereocenters. The SMILES string of the molecule is CC(C)=CCC/C(C)=C/Cc1c(O)cc2c(c1O)C(=O)Oc1c(cc(O)c3c1C=CC(C)(C)O3)O2. The van der Waals surface area contributed by atoms with E-state index < -0.39 is 17.3 Å². The zero-order valence-corrected chi connectivity index (χ0v) is 20.6. The summed E-state index contributed by atoms with van der Waals surface area (Å²) in [6, 6.07) is 2.56. The van der Waals surface area contributed by atoms with Crippen molar-refractivity contribution in [1.29, 1.82) is 0 Å². The van der Waals surface area contributed by atoms with Crippen molar-refractivity contribution >= 4 is 12.0 Å². The zero-order chi connectivity index (χ0) is 25.5. The molecule has 0 fully saturated rings. The zero-order valence-electron chi connectivity index (χ0n) is 20.6. The van der Waals surface area contributed by atoms with Crippen LogP contribution in [0.25, 0.3) is 6.08 Å². The van der Waals surface area contributed by atoms with Crippen molar-refractivity contribution in [1.82, 2.24) is 0 Å². The van der Waals surface area contributed by atoms with Crippen molar-refractivity contribution < 1.29 is 34.3 Å². The summed E-state index contributed by atoms with van der Waals surface area (Å²) in [4.78, 5) is 13.1. The number of carbonyl (C=O) groups is 1. The molecule has 3 N–H and O–H groups in total. The first-order chi connectivity index (χ1) is 16.5. The lowest BCUT2D eigenvalue weighted by atomic mass is 10.0. The van der Waals surface area contributed by atoms with Crippen LogP contribution >= 0.6 is 0 Å². The summed E-state index contributed by atoms with van der Waals surface area (Å²) >= 11 is 0. The average Bonchev–Trinajstić information content (AvgIpc) is 2.88. The quantitative estimate of drug-likeness (QED) is 0.254. The fourth-order valence-corrected chi connectivity index (χ4v) is 4.03. The van der Waals surface area contributed by atoms with E-state index in [4.69, 9.17) is 14.2 Å². The van der Waals surface area contributed by atoms with Gasteiger partial charge in [0, 0.05) is 17.7 Å². The van der Waals surface area contributed by atoms with Crippen molar-refractivity contribution in [2.75, 3.05) is 0 Å². The normalized spacial score (nSPS) is 15.6. The molecular formula is C28H30O7. The average molecular weight is 479 g/mol. The second kappa shape index (κ2) is 9.06. The van der Waals surface area contributed by atoms with Gasteiger partial charge in [-0.3, -0.25) is 0 Å². The van der Waals surface area contributed by atoms with Crippen LogP contribution in [0.5, 0.6) is 40.2 Å². The Morgan fingerprint density at radius 1 is 0.971 bits per heavy atom. The minimum Gasteiger partial charge on any atom is -0.507 e. The van der Waals surface area contributed by atoms with E-state index >= 15 is 0 Å². The third-order valence-electron chi connectivity index (χ3n) is 5.94. The Morgan fingerprint density at radius 2 is 1.69 bits per heavy atom. The third kappa shape index (κ3) is 4.85. The second-order valence-electron chi connectivity index (χ2n) is 9.67. The van der Waals surface area contributed by atoms with Crippen LogP contribution in [0.2, 0.25) is 0 Å². The maximum absolute atomic E-state index is 13.1. The van der Waals surface area contributed by atoms with Crippen LogP contribution in [0, 0.1) is 0 Å². The number of carbonyl (C=O) groups excluding carboxylic acids is 1. The van der Waals surface area contributed by atoms with Gasteiger partial charge in [0.15, 0.2) is 23.0 Å². The number of rotatable bonds is 5. The van der Waals surface area contributed by atoms with Crippen molar-refractivity contribution in [3.63, 3.8) is 0 Å². The fourth-order valence-electron chi connectivity index (χ4n) is 4.03. The van der Waals surface area contributed by atoms with Gasteiger partial charge < -0.3 is 29.5 Å². The number of benzene rings is 2. The van der Waals surface area contributed by atoms with Crippen LogP contribution in [-0.2, 0) is 6.42 Å². The highest BCUT2D eigenvalue weighted by atomic mass is 16.6. The molecule has 0 amide bonds. The summed E-state index contributed by atoms with van der Waals surface area (Å²) < 4.78 is 17.3. The summed E-state index contributed by atoms with van der Waals surface area (Å²) in [5.41, 5.74) is 2.04. The number of phenolic OH excluding ortho intramolecular Hbond substituents is 3. The summed E-state index contributed by atoms with van der Waals surface area (Å²) in [6.45, 7) is 9.74. The molecule has 2 aromatic carbocycles. The molecule has 7 heteroatoms. The Balaban J connectivity index is 1.69. The first-order valence-corrected chi connectivity index (χ1v) is 11.5. The first-order valence-electron chi connectivity index (χ1n) is 11.5. The number of allylic oxidation sites excluding steroid dienone is 4. The maximum atomic E-state index is 13.1. The Labute approximate surface area is 204 Å². The van der Waals surface area contributed by atoms with Gasteiger partial charge in [-0.15, -0.1) is 0 Å². The van der Waals surface area contributed by atoms with Crippen LogP contribution < -0.4 is 14.2 Å². The van der Waals surface area contributed by atoms with E-state index in [2.05, 4.69) is 6.08 Å². The van der Waals surface area contributed by atoms with Crippen molar-refractivity contribution in [2.24, 2.45) is 0 Å². The minimum atomic E-state index is -0.840. The highest BCUT2D eigenvalue weighted by molar-refractivity contribution is 6.00. The molecule has 2 heterocycles. The molecule has 0 spiro atoms. The van der Waals surface area contributed by atoms with Crippen LogP contribution in [0.4, 0.5) is 0 Å². The number of phenols is 3. The number of aromatic hydroxyl groups is 3. The van der Waals surface area contributed by atoms with Gasteiger partial charge in [-0.2, -0.15) is 0 Å². The lowest BCUT2D eigenvalue weighted by Crippen LogP contribution is -2.27. The van der Waals surface area contributed by atoms with Crippen molar-refractivity contribution in [2.45, 2.75) is 59.5 Å². The molecule has 0 unspecified atom stereocenters. The van der Waals surface area contributed by atoms with Gasteiger partial charge in [0.05, 0.1) is 5.56 Å². The van der Waals surface area contributed by atoms with E-state index in [1.54, 1.807) is 12.2 Å². The van der Waals surface area contributed by atoms with E-state index in [9.17, 15) is 20.1 Å². The molecule has 0 bridgehead atoms. The summed E-state index contributed by atoms with van der Waals surface area (Å²) in [7, 11) is 0. The van der Waals surface area contributed by atoms with Crippen LogP contribution in [-0.4, -0.2) is 26.9 Å². The first kappa shape index (κ1) is 24.3. The lowest BCUT2D eigenvalue weighted by molar-refractivity contribution is 0.0732. The molecular weight excluding hydrogens is 448 g/mol. The topological polar surface area (TPSA) is 105 Å². The molecule has 4 rings (SSSR count). The number of fused-ring (bicyclic) bond motifs is 4. The molecule has 184 valence electrons. The Bertz CT molecular complexity index is 1290. The Morgan fingerprint density at radius 3 is 2.40 bits per heavy atom. The Hall–Kier alpha value is -3.87. The van der Waals surface area contributed by atoms with Crippen LogP contribution in [0.1, 0.15) is 68.9 Å². The van der Waals surface area contributed by atoms with E-state index in [1.807, 2.05) is 40.7 Å². The van der Waals surface area contributed by atoms with Crippen LogP contribution in [0.3, 0.4) is 0 Å². The van der Waals surface area contributed by atoms with Gasteiger partial charge in [0.2, 0.25) is 0 Å². The highest BCUT2D eigenvalue weighted by Crippen LogP contribution is 2.52. The summed E-state index contributed by atoms with van der Waals surface area (Å²) in [5, 5.41) is 32.1. The van der Waals surface area contributed by atoms with Gasteiger partial charge in [-0.1, -0.05) is 23.3 Å². The van der Waals surface area contributed by atoms with Crippen molar-refractivity contribution in [3.8, 4) is 40.2 Å². The minimum absolute atomic E-state index is 0.0567. The number of hydrogen-bond donors (Lipinski definition) is 3. The van der Waals surface area contributed by atoms with Gasteiger partial charge in [-0.25, -0.2) is 4.79 Å². The summed E-state index contributed by atoms with van der Waals surface area (Å²) in [5.74, 6) is -1.43. The predicted molar refractivity (Wildman–Crippen MR) is 133 cm³/mol. The number of hydrogen-bond acceptors (Lipinski definition) is 7. The maximum Gasteiger partial charge on any atom is 0.351 e. The van der Waals surface area contributed by atoms with Gasteiger partial charge in [0.25, 0.3) is 0 Å². The molecule has 0 aliphatic carbocycles. The van der Waals surface area contributed by atoms with E-state index in [0.717, 1.165) is 18.4 Å². The highest BCUT2D eigenvalue weighted by Gasteiger charge is 2.35. The Kier molecular flexibility index (Phi) is 6.28. The molecule has 0 saturated carbocycles. The lowest BCUT2D eigenvalue weighted by Gasteiger charge is -2.29. The third-order valence-corrected chi connectivity index (χ3v) is 5.94. The van der Waals surface area contributed by atoms with Gasteiger partial charge >= 0.3 is 5.97 Å². The van der Waals surface area contributed by atoms with E-state index in [0.29, 0.717) is 5.56 Å². The fraction of sp³-hybridized carbons (Fsp3) is 0.321. The summed E-state index contributed by atoms with van der Waals surface area (Å²) in [6.07, 6.45) is 9.50. The molecule has 2 aliphatic heterocycles. The predicted octanol–water partition coefficient (Wildman–Crippen LogP) is 6.55. The molecule has 35 heavy (non-hydrogen) atoms. The van der Waals surface area contributed by atoms with Gasteiger partial charge in [-0.05, 0) is 66.0 Å². The van der Waals surface area contributed by atoms with Crippen LogP contribution in [0.15, 0.2) is 41.5 Å². The van der Waals surface area contributed by atoms with E-state index in [-0.39, 0.29) is 52.0 Å². The number of ether oxygens (including phenoxy) is 3. The molecule has 2 aliphatic rings. The molecule has 0 radical (unpaired) electrons. The van der Waals surface area contributed by atoms with Crippen molar-refractivity contribution in [3.05, 3.63) is 58.2 Å². The molecule has 7 nitrogen and oxygen atoms in total. The monoisotopic (exact) mass is 478 g/mol. The van der Waals surface area contributed by atoms with E-state index in [1.165, 1.54) is 17.7 Å². The van der Waals surface area contributed by atoms with Gasteiger partial charge in [0.1, 0.15) is 28.4 Å². The standard InChI is InChI=1S/C28H30O7/c1-15(2)7-6-8-16(3)9-10-17-19(29)13-21-23(24(17)31)27(32)34-26-18-11-12-28(4,5)35-25(18)20(30)14-22(26)33-21/h7,9,11-14,29-31H,6,8,10H2,1-5H3/b16-9+. The number of esters is 1. The second-order valence-corrected chi connectivity index (χ2v) is 9.67.